The Labute approximate surface area is 156 Å². The van der Waals surface area contributed by atoms with Crippen LogP contribution in [0, 0.1) is 0 Å². The van der Waals surface area contributed by atoms with Gasteiger partial charge in [-0.1, -0.05) is 78.1 Å². The quantitative estimate of drug-likeness (QED) is 0.314. The Balaban J connectivity index is 0. The molecule has 0 aromatic heterocycles. The van der Waals surface area contributed by atoms with Gasteiger partial charge in [0.25, 0.3) is 10.1 Å². The fraction of sp³-hybridized carbons (Fsp3) is 1.00. The van der Waals surface area contributed by atoms with Crippen molar-refractivity contribution in [1.29, 1.82) is 0 Å². The van der Waals surface area contributed by atoms with Crippen LogP contribution in [0.2, 0.25) is 0 Å². The Bertz CT molecular complexity index is 291. The van der Waals surface area contributed by atoms with Crippen LogP contribution < -0.4 is 0 Å². The minimum atomic E-state index is -3.83. The molecule has 1 atom stereocenters. The average Bonchev–Trinajstić information content (AvgIpc) is 2.34. The molecule has 0 aromatic rings. The maximum absolute atomic E-state index is 11.0. The van der Waals surface area contributed by atoms with Gasteiger partial charge in [-0.2, -0.15) is 8.42 Å². The van der Waals surface area contributed by atoms with Gasteiger partial charge in [-0.15, -0.1) is 0 Å². The molecule has 0 saturated heterocycles. The summed E-state index contributed by atoms with van der Waals surface area (Å²) in [6.07, 6.45) is 13.6. The van der Waals surface area contributed by atoms with Crippen LogP contribution in [-0.2, 0) is 10.1 Å². The maximum atomic E-state index is 11.0. The second-order valence-electron chi connectivity index (χ2n) is 5.52. The van der Waals surface area contributed by atoms with E-state index >= 15 is 0 Å². The molecule has 0 amide bonds. The van der Waals surface area contributed by atoms with E-state index in [0.717, 1.165) is 12.8 Å². The van der Waals surface area contributed by atoms with E-state index < -0.39 is 15.4 Å². The third kappa shape index (κ3) is 14.1. The van der Waals surface area contributed by atoms with Crippen LogP contribution in [0.15, 0.2) is 0 Å². The van der Waals surface area contributed by atoms with Crippen molar-refractivity contribution in [3.8, 4) is 0 Å². The summed E-state index contributed by atoms with van der Waals surface area (Å²) in [4.78, 5) is 0. The molecule has 0 aliphatic heterocycles. The van der Waals surface area contributed by atoms with Gasteiger partial charge < -0.3 is 0 Å². The molecular formula is C15H34CaO3S. The van der Waals surface area contributed by atoms with Crippen molar-refractivity contribution in [1.82, 2.24) is 0 Å². The van der Waals surface area contributed by atoms with E-state index in [9.17, 15) is 8.42 Å². The minimum absolute atomic E-state index is 0. The third-order valence-electron chi connectivity index (χ3n) is 3.76. The summed E-state index contributed by atoms with van der Waals surface area (Å²) in [5.74, 6) is 0. The molecule has 3 nitrogen and oxygen atoms in total. The molecule has 1 unspecified atom stereocenters. The van der Waals surface area contributed by atoms with E-state index in [1.54, 1.807) is 0 Å². The summed E-state index contributed by atoms with van der Waals surface area (Å²) in [6, 6.07) is 0. The predicted octanol–water partition coefficient (Wildman–Crippen LogP) is 4.05. The molecule has 0 radical (unpaired) electrons. The fourth-order valence-electron chi connectivity index (χ4n) is 2.42. The summed E-state index contributed by atoms with van der Waals surface area (Å²) in [5.41, 5.74) is 0. The van der Waals surface area contributed by atoms with E-state index in [1.807, 2.05) is 6.92 Å². The Kier molecular flexibility index (Phi) is 17.7. The molecular weight excluding hydrogens is 300 g/mol. The average molecular weight is 335 g/mol. The van der Waals surface area contributed by atoms with E-state index in [0.29, 0.717) is 12.8 Å². The van der Waals surface area contributed by atoms with Gasteiger partial charge in [0.2, 0.25) is 0 Å². The molecule has 0 aliphatic rings. The first-order valence-corrected chi connectivity index (χ1v) is 9.49. The van der Waals surface area contributed by atoms with Crippen LogP contribution in [0.4, 0.5) is 0 Å². The summed E-state index contributed by atoms with van der Waals surface area (Å²) in [6.45, 7) is 4.05. The van der Waals surface area contributed by atoms with Gasteiger partial charge >= 0.3 is 37.7 Å². The number of hydrogen-bond acceptors (Lipinski definition) is 2. The van der Waals surface area contributed by atoms with Crippen molar-refractivity contribution >= 4 is 47.9 Å². The normalized spacial score (nSPS) is 12.9. The molecule has 0 aliphatic carbocycles. The van der Waals surface area contributed by atoms with Crippen molar-refractivity contribution < 1.29 is 13.0 Å². The molecule has 5 heteroatoms. The Hall–Kier alpha value is 1.17. The fourth-order valence-corrected chi connectivity index (χ4v) is 3.31. The van der Waals surface area contributed by atoms with Gasteiger partial charge in [0.15, 0.2) is 0 Å². The van der Waals surface area contributed by atoms with E-state index in [4.69, 9.17) is 4.55 Å². The molecule has 0 bridgehead atoms. The number of hydrogen-bond donors (Lipinski definition) is 1. The van der Waals surface area contributed by atoms with Crippen LogP contribution in [-0.4, -0.2) is 56.0 Å². The molecule has 0 aromatic carbocycles. The molecule has 0 spiro atoms. The zero-order valence-electron chi connectivity index (χ0n) is 12.7. The first-order valence-electron chi connectivity index (χ1n) is 7.98. The van der Waals surface area contributed by atoms with Gasteiger partial charge in [-0.25, -0.2) is 0 Å². The Morgan fingerprint density at radius 1 is 0.800 bits per heavy atom. The summed E-state index contributed by atoms with van der Waals surface area (Å²) in [5, 5.41) is -0.554. The molecule has 0 saturated carbocycles. The first kappa shape index (κ1) is 23.4. The second kappa shape index (κ2) is 15.1. The number of unbranched alkanes of at least 4 members (excludes halogenated alkanes) is 9. The first-order chi connectivity index (χ1) is 9.02. The summed E-state index contributed by atoms with van der Waals surface area (Å²) >= 11 is 0. The van der Waals surface area contributed by atoms with Crippen molar-refractivity contribution in [2.75, 3.05) is 0 Å². The van der Waals surface area contributed by atoms with Crippen LogP contribution in [0.5, 0.6) is 0 Å². The molecule has 0 heterocycles. The number of rotatable bonds is 13. The summed E-state index contributed by atoms with van der Waals surface area (Å²) in [7, 11) is -3.83. The van der Waals surface area contributed by atoms with Crippen LogP contribution in [0.25, 0.3) is 0 Å². The zero-order valence-corrected chi connectivity index (χ0v) is 13.6. The predicted molar refractivity (Wildman–Crippen MR) is 90.6 cm³/mol. The van der Waals surface area contributed by atoms with Gasteiger partial charge in [0, 0.05) is 0 Å². The molecule has 0 rings (SSSR count). The third-order valence-corrected chi connectivity index (χ3v) is 5.17. The Morgan fingerprint density at radius 2 is 1.20 bits per heavy atom. The van der Waals surface area contributed by atoms with Gasteiger partial charge in [0.1, 0.15) is 0 Å². The van der Waals surface area contributed by atoms with Crippen molar-refractivity contribution in [2.45, 2.75) is 96.1 Å². The zero-order chi connectivity index (χ0) is 14.6. The van der Waals surface area contributed by atoms with Crippen LogP contribution in [0.1, 0.15) is 90.9 Å². The van der Waals surface area contributed by atoms with E-state index in [2.05, 4.69) is 6.92 Å². The van der Waals surface area contributed by atoms with Crippen LogP contribution in [0.3, 0.4) is 0 Å². The van der Waals surface area contributed by atoms with Crippen molar-refractivity contribution in [3.63, 3.8) is 0 Å². The second-order valence-corrected chi connectivity index (χ2v) is 7.21. The van der Waals surface area contributed by atoms with Crippen LogP contribution >= 0.6 is 0 Å². The molecule has 0 fully saturated rings. The SMILES string of the molecule is CCCCCCCCCCCCC(CC)S(=O)(=O)O.[CaH2]. The van der Waals surface area contributed by atoms with E-state index in [-0.39, 0.29) is 37.7 Å². The topological polar surface area (TPSA) is 54.4 Å². The van der Waals surface area contributed by atoms with Gasteiger partial charge in [-0.05, 0) is 12.8 Å². The molecule has 120 valence electrons. The van der Waals surface area contributed by atoms with Gasteiger partial charge in [-0.3, -0.25) is 4.55 Å². The standard InChI is InChI=1S/C15H32O3S.Ca.2H/c1-3-5-6-7-8-9-10-11-12-13-14-15(4-2)19(16,17)18;;;/h15H,3-14H2,1-2H3,(H,16,17,18);;;. The van der Waals surface area contributed by atoms with Gasteiger partial charge in [0.05, 0.1) is 5.25 Å². The molecule has 20 heavy (non-hydrogen) atoms. The van der Waals surface area contributed by atoms with E-state index in [1.165, 1.54) is 51.4 Å². The summed E-state index contributed by atoms with van der Waals surface area (Å²) < 4.78 is 31.0. The Morgan fingerprint density at radius 3 is 1.55 bits per heavy atom. The van der Waals surface area contributed by atoms with Crippen molar-refractivity contribution in [3.05, 3.63) is 0 Å². The van der Waals surface area contributed by atoms with Crippen molar-refractivity contribution in [2.24, 2.45) is 0 Å². The molecule has 1 N–H and O–H groups in total. The monoisotopic (exact) mass is 334 g/mol.